The van der Waals surface area contributed by atoms with Gasteiger partial charge in [-0.3, -0.25) is 14.4 Å². The summed E-state index contributed by atoms with van der Waals surface area (Å²) in [6.07, 6.45) is 13.1. The van der Waals surface area contributed by atoms with E-state index in [0.29, 0.717) is 19.6 Å². The Hall–Kier alpha value is -1.80. The molecule has 0 aliphatic carbocycles. The van der Waals surface area contributed by atoms with Gasteiger partial charge in [0.05, 0.1) is 16.6 Å². The Morgan fingerprint density at radius 3 is 2.69 bits per heavy atom. The molecule has 0 bridgehead atoms. The molecule has 176 valence electrons. The van der Waals surface area contributed by atoms with E-state index in [0.717, 1.165) is 38.5 Å². The second-order valence-corrected chi connectivity index (χ2v) is 10.6. The Labute approximate surface area is 194 Å². The summed E-state index contributed by atoms with van der Waals surface area (Å²) in [6.45, 7) is 4.22. The molecule has 0 aromatic rings. The number of aliphatic hydroxyl groups is 1. The van der Waals surface area contributed by atoms with Crippen molar-refractivity contribution in [3.8, 4) is 0 Å². The number of unbranched alkanes of at least 4 members (excludes halogenated alkanes) is 4. The average Bonchev–Trinajstić information content (AvgIpc) is 3.08. The van der Waals surface area contributed by atoms with Crippen LogP contribution in [0.15, 0.2) is 24.3 Å². The fourth-order valence-corrected chi connectivity index (χ4v) is 7.55. The summed E-state index contributed by atoms with van der Waals surface area (Å²) in [5.41, 5.74) is 0. The lowest BCUT2D eigenvalue weighted by Gasteiger charge is -2.35. The van der Waals surface area contributed by atoms with Gasteiger partial charge in [0, 0.05) is 31.5 Å². The molecule has 0 radical (unpaired) electrons. The number of carbonyl (C=O) groups excluding carboxylic acids is 3. The number of ether oxygens (including phenoxy) is 1. The van der Waals surface area contributed by atoms with Crippen LogP contribution in [0.1, 0.15) is 45.4 Å². The van der Waals surface area contributed by atoms with Crippen molar-refractivity contribution in [1.82, 2.24) is 9.80 Å². The van der Waals surface area contributed by atoms with Crippen molar-refractivity contribution in [3.63, 3.8) is 0 Å². The Kier molecular flexibility index (Phi) is 7.30. The number of hydrogen-bond donors (Lipinski definition) is 1. The topological polar surface area (TPSA) is 87.2 Å². The van der Waals surface area contributed by atoms with E-state index in [2.05, 4.69) is 13.0 Å². The standard InChI is InChI=1S/C24H34N2O5S/c1-2-3-12-25-13-9-11-24-19(18-17(32-24)10-8-16-31-23(18)30)21(28)26(20(24)22(25)29)14-6-4-5-7-15-27/h8-11,17-20,27H,2-7,12-16H2,1H3/t17-,18+,19-,20?,24-/m0/s1. The summed E-state index contributed by atoms with van der Waals surface area (Å²) in [7, 11) is 0. The minimum atomic E-state index is -0.740. The van der Waals surface area contributed by atoms with Gasteiger partial charge in [-0.05, 0) is 19.3 Å². The summed E-state index contributed by atoms with van der Waals surface area (Å²) < 4.78 is 4.65. The highest BCUT2D eigenvalue weighted by Gasteiger charge is 2.70. The number of nitrogens with zero attached hydrogens (tertiary/aromatic N) is 2. The van der Waals surface area contributed by atoms with Gasteiger partial charge in [0.15, 0.2) is 0 Å². The van der Waals surface area contributed by atoms with Crippen LogP contribution in [0.3, 0.4) is 0 Å². The number of cyclic esters (lactones) is 1. The van der Waals surface area contributed by atoms with E-state index in [4.69, 9.17) is 9.84 Å². The number of rotatable bonds is 9. The van der Waals surface area contributed by atoms with Crippen molar-refractivity contribution in [3.05, 3.63) is 24.3 Å². The van der Waals surface area contributed by atoms with E-state index < -0.39 is 22.6 Å². The fourth-order valence-electron chi connectivity index (χ4n) is 5.55. The molecule has 7 nitrogen and oxygen atoms in total. The zero-order valence-electron chi connectivity index (χ0n) is 18.8. The molecule has 0 aromatic carbocycles. The highest BCUT2D eigenvalue weighted by molar-refractivity contribution is 8.02. The van der Waals surface area contributed by atoms with Crippen LogP contribution in [-0.4, -0.2) is 81.6 Å². The third-order valence-electron chi connectivity index (χ3n) is 7.09. The first-order chi connectivity index (χ1) is 15.5. The summed E-state index contributed by atoms with van der Waals surface area (Å²) in [5.74, 6) is -1.58. The molecule has 8 heteroatoms. The van der Waals surface area contributed by atoms with Gasteiger partial charge in [-0.25, -0.2) is 0 Å². The maximum Gasteiger partial charge on any atom is 0.311 e. The van der Waals surface area contributed by atoms with Gasteiger partial charge in [0.1, 0.15) is 12.6 Å². The second-order valence-electron chi connectivity index (χ2n) is 9.11. The third kappa shape index (κ3) is 4.00. The summed E-state index contributed by atoms with van der Waals surface area (Å²) in [6, 6.07) is -0.591. The van der Waals surface area contributed by atoms with Gasteiger partial charge in [-0.15, -0.1) is 11.8 Å². The Morgan fingerprint density at radius 1 is 1.09 bits per heavy atom. The van der Waals surface area contributed by atoms with Crippen LogP contribution in [0, 0.1) is 11.8 Å². The molecular weight excluding hydrogens is 428 g/mol. The van der Waals surface area contributed by atoms with E-state index in [-0.39, 0.29) is 36.2 Å². The van der Waals surface area contributed by atoms with Gasteiger partial charge < -0.3 is 19.6 Å². The number of esters is 1. The van der Waals surface area contributed by atoms with Gasteiger partial charge >= 0.3 is 5.97 Å². The largest absolute Gasteiger partial charge is 0.461 e. The van der Waals surface area contributed by atoms with E-state index in [1.54, 1.807) is 16.7 Å². The highest BCUT2D eigenvalue weighted by Crippen LogP contribution is 2.60. The molecule has 1 N–H and O–H groups in total. The van der Waals surface area contributed by atoms with Gasteiger partial charge in [0.2, 0.25) is 11.8 Å². The lowest BCUT2D eigenvalue weighted by atomic mass is 9.78. The molecule has 0 aromatic heterocycles. The first kappa shape index (κ1) is 23.4. The second kappa shape index (κ2) is 10.00. The van der Waals surface area contributed by atoms with Crippen LogP contribution in [0.25, 0.3) is 0 Å². The quantitative estimate of drug-likeness (QED) is 0.321. The predicted octanol–water partition coefficient (Wildman–Crippen LogP) is 2.15. The molecule has 2 amide bonds. The zero-order valence-corrected chi connectivity index (χ0v) is 19.6. The number of amides is 2. The van der Waals surface area contributed by atoms with Crippen LogP contribution >= 0.6 is 11.8 Å². The molecule has 4 rings (SSSR count). The predicted molar refractivity (Wildman–Crippen MR) is 123 cm³/mol. The van der Waals surface area contributed by atoms with Crippen LogP contribution < -0.4 is 0 Å². The van der Waals surface area contributed by atoms with Crippen molar-refractivity contribution in [2.75, 3.05) is 32.8 Å². The van der Waals surface area contributed by atoms with E-state index >= 15 is 0 Å². The van der Waals surface area contributed by atoms with E-state index in [1.807, 2.05) is 23.1 Å². The van der Waals surface area contributed by atoms with E-state index in [1.165, 1.54) is 0 Å². The number of aliphatic hydroxyl groups excluding tert-OH is 1. The lowest BCUT2D eigenvalue weighted by Crippen LogP contribution is -2.53. The molecule has 5 atom stereocenters. The molecule has 4 heterocycles. The van der Waals surface area contributed by atoms with Crippen molar-refractivity contribution in [2.24, 2.45) is 11.8 Å². The molecule has 32 heavy (non-hydrogen) atoms. The fraction of sp³-hybridized carbons (Fsp3) is 0.708. The minimum Gasteiger partial charge on any atom is -0.461 e. The molecule has 2 saturated heterocycles. The monoisotopic (exact) mass is 462 g/mol. The van der Waals surface area contributed by atoms with Gasteiger partial charge in [-0.1, -0.05) is 50.5 Å². The third-order valence-corrected chi connectivity index (χ3v) is 8.83. The molecule has 1 spiro atoms. The van der Waals surface area contributed by atoms with Crippen molar-refractivity contribution >= 4 is 29.5 Å². The van der Waals surface area contributed by atoms with Gasteiger partial charge in [-0.2, -0.15) is 0 Å². The average molecular weight is 463 g/mol. The smallest absolute Gasteiger partial charge is 0.311 e. The Bertz CT molecular complexity index is 799. The number of hydrogen-bond acceptors (Lipinski definition) is 6. The SMILES string of the molecule is CCCCN1CC=C[C@]23S[C@H]4C=CCOC(=O)[C@H]4[C@H]2C(=O)N(CCCCCCO)C3C1=O. The highest BCUT2D eigenvalue weighted by atomic mass is 32.2. The van der Waals surface area contributed by atoms with Gasteiger partial charge in [0.25, 0.3) is 0 Å². The number of likely N-dealkylation sites (tertiary alicyclic amines) is 1. The number of thioether (sulfide) groups is 1. The molecule has 4 aliphatic rings. The van der Waals surface area contributed by atoms with Crippen molar-refractivity contribution in [2.45, 2.75) is 61.5 Å². The Morgan fingerprint density at radius 2 is 1.91 bits per heavy atom. The number of carbonyl (C=O) groups is 3. The molecule has 2 fully saturated rings. The number of fused-ring (bicyclic) bond motifs is 2. The summed E-state index contributed by atoms with van der Waals surface area (Å²) in [5, 5.41) is 8.87. The van der Waals surface area contributed by atoms with E-state index in [9.17, 15) is 14.4 Å². The summed E-state index contributed by atoms with van der Waals surface area (Å²) in [4.78, 5) is 44.1. The normalized spacial score (nSPS) is 33.6. The molecule has 1 unspecified atom stereocenters. The van der Waals surface area contributed by atoms with Crippen molar-refractivity contribution in [1.29, 1.82) is 0 Å². The molecule has 0 saturated carbocycles. The minimum absolute atomic E-state index is 0.00374. The maximum atomic E-state index is 13.8. The van der Waals surface area contributed by atoms with Crippen LogP contribution in [0.2, 0.25) is 0 Å². The lowest BCUT2D eigenvalue weighted by molar-refractivity contribution is -0.151. The zero-order chi connectivity index (χ0) is 22.7. The van der Waals surface area contributed by atoms with Crippen LogP contribution in [0.5, 0.6) is 0 Å². The molecular formula is C24H34N2O5S. The molecule has 4 aliphatic heterocycles. The first-order valence-electron chi connectivity index (χ1n) is 11.9. The maximum absolute atomic E-state index is 13.8. The Balaban J connectivity index is 1.67. The van der Waals surface area contributed by atoms with Crippen LogP contribution in [0.4, 0.5) is 0 Å². The summed E-state index contributed by atoms with van der Waals surface area (Å²) >= 11 is 1.59. The van der Waals surface area contributed by atoms with Crippen LogP contribution in [-0.2, 0) is 19.1 Å². The van der Waals surface area contributed by atoms with Crippen molar-refractivity contribution < 1.29 is 24.2 Å². The first-order valence-corrected chi connectivity index (χ1v) is 12.8.